The Labute approximate surface area is 142 Å². The molecule has 8 nitrogen and oxygen atoms in total. The van der Waals surface area contributed by atoms with Crippen molar-refractivity contribution in [3.63, 3.8) is 0 Å². The number of nitrogens with one attached hydrogen (secondary N) is 3. The Balaban J connectivity index is 1.89. The number of methoxy groups -OCH3 is 1. The monoisotopic (exact) mass is 340 g/mol. The van der Waals surface area contributed by atoms with Crippen molar-refractivity contribution in [2.24, 2.45) is 0 Å². The van der Waals surface area contributed by atoms with E-state index in [1.54, 1.807) is 0 Å². The molecule has 0 spiro atoms. The number of carbonyl (C=O) groups excluding carboxylic acids is 3. The second kappa shape index (κ2) is 8.43. The van der Waals surface area contributed by atoms with Crippen LogP contribution in [0.2, 0.25) is 0 Å². The molecule has 8 heteroatoms. The van der Waals surface area contributed by atoms with Crippen LogP contribution in [-0.4, -0.2) is 73.6 Å². The van der Waals surface area contributed by atoms with Gasteiger partial charge in [0.25, 0.3) is 0 Å². The first kappa shape index (κ1) is 18.7. The van der Waals surface area contributed by atoms with Crippen LogP contribution in [-0.2, 0) is 19.1 Å². The van der Waals surface area contributed by atoms with E-state index in [0.717, 1.165) is 0 Å². The van der Waals surface area contributed by atoms with Crippen molar-refractivity contribution < 1.29 is 19.1 Å². The Kier molecular flexibility index (Phi) is 6.56. The van der Waals surface area contributed by atoms with Gasteiger partial charge in [-0.1, -0.05) is 0 Å². The molecule has 2 saturated heterocycles. The maximum Gasteiger partial charge on any atom is 0.246 e. The van der Waals surface area contributed by atoms with E-state index in [4.69, 9.17) is 4.74 Å². The molecule has 3 unspecified atom stereocenters. The summed E-state index contributed by atoms with van der Waals surface area (Å²) in [6.07, 6.45) is 1.71. The number of hydrogen-bond donors (Lipinski definition) is 3. The number of ether oxygens (including phenoxy) is 1. The van der Waals surface area contributed by atoms with E-state index in [1.165, 1.54) is 7.11 Å². The average Bonchev–Trinajstić information content (AvgIpc) is 2.90. The van der Waals surface area contributed by atoms with Crippen molar-refractivity contribution in [2.75, 3.05) is 26.8 Å². The quantitative estimate of drug-likeness (QED) is 0.552. The van der Waals surface area contributed by atoms with Gasteiger partial charge in [-0.25, -0.2) is 0 Å². The number of amides is 3. The van der Waals surface area contributed by atoms with Crippen LogP contribution in [0, 0.1) is 0 Å². The van der Waals surface area contributed by atoms with Gasteiger partial charge in [-0.2, -0.15) is 0 Å². The molecule has 2 fully saturated rings. The predicted molar refractivity (Wildman–Crippen MR) is 88.2 cm³/mol. The minimum absolute atomic E-state index is 0.00127. The van der Waals surface area contributed by atoms with E-state index in [2.05, 4.69) is 20.9 Å². The minimum Gasteiger partial charge on any atom is -0.375 e. The van der Waals surface area contributed by atoms with E-state index in [-0.39, 0.29) is 48.5 Å². The first-order chi connectivity index (χ1) is 11.4. The summed E-state index contributed by atoms with van der Waals surface area (Å²) in [6.45, 7) is 5.06. The molecule has 2 rings (SSSR count). The Morgan fingerprint density at radius 1 is 1.38 bits per heavy atom. The van der Waals surface area contributed by atoms with Gasteiger partial charge < -0.3 is 20.7 Å². The first-order valence-corrected chi connectivity index (χ1v) is 8.51. The summed E-state index contributed by atoms with van der Waals surface area (Å²) in [5.74, 6) is -0.139. The zero-order chi connectivity index (χ0) is 17.7. The Morgan fingerprint density at radius 2 is 2.12 bits per heavy atom. The van der Waals surface area contributed by atoms with Crippen LogP contribution < -0.4 is 16.0 Å². The summed E-state index contributed by atoms with van der Waals surface area (Å²) in [4.78, 5) is 37.7. The first-order valence-electron chi connectivity index (χ1n) is 8.51. The number of piperazine rings is 1. The minimum atomic E-state index is -0.232. The Hall–Kier alpha value is -1.67. The van der Waals surface area contributed by atoms with E-state index < -0.39 is 0 Å². The lowest BCUT2D eigenvalue weighted by Crippen LogP contribution is -2.58. The maximum absolute atomic E-state index is 12.1. The molecule has 0 aliphatic carbocycles. The lowest BCUT2D eigenvalue weighted by molar-refractivity contribution is -0.129. The fourth-order valence-electron chi connectivity index (χ4n) is 3.44. The van der Waals surface area contributed by atoms with Gasteiger partial charge >= 0.3 is 0 Å². The highest BCUT2D eigenvalue weighted by Crippen LogP contribution is 2.25. The smallest absolute Gasteiger partial charge is 0.246 e. The Bertz CT molecular complexity index is 483. The third-order valence-corrected chi connectivity index (χ3v) is 4.42. The largest absolute Gasteiger partial charge is 0.375 e. The Morgan fingerprint density at radius 3 is 2.79 bits per heavy atom. The van der Waals surface area contributed by atoms with Gasteiger partial charge in [0, 0.05) is 44.7 Å². The SMILES string of the molecule is COCC(=O)NC1CC2C(=O)NCC(CCC(=O)NC(C)C)N2C1. The van der Waals surface area contributed by atoms with Crippen molar-refractivity contribution in [1.82, 2.24) is 20.9 Å². The molecule has 136 valence electrons. The summed E-state index contributed by atoms with van der Waals surface area (Å²) >= 11 is 0. The second-order valence-electron chi connectivity index (χ2n) is 6.81. The van der Waals surface area contributed by atoms with Gasteiger partial charge in [-0.3, -0.25) is 19.3 Å². The molecular weight excluding hydrogens is 312 g/mol. The normalized spacial score (nSPS) is 26.8. The highest BCUT2D eigenvalue weighted by Gasteiger charge is 2.43. The van der Waals surface area contributed by atoms with Crippen molar-refractivity contribution >= 4 is 17.7 Å². The fourth-order valence-corrected chi connectivity index (χ4v) is 3.44. The number of nitrogens with zero attached hydrogens (tertiary/aromatic N) is 1. The molecule has 2 heterocycles. The number of rotatable bonds is 7. The molecule has 0 bridgehead atoms. The molecule has 0 aromatic rings. The predicted octanol–water partition coefficient (Wildman–Crippen LogP) is -1.00. The van der Waals surface area contributed by atoms with Crippen molar-refractivity contribution in [3.05, 3.63) is 0 Å². The van der Waals surface area contributed by atoms with Crippen LogP contribution in [0.25, 0.3) is 0 Å². The highest BCUT2D eigenvalue weighted by molar-refractivity contribution is 5.84. The summed E-state index contributed by atoms with van der Waals surface area (Å²) < 4.78 is 4.82. The van der Waals surface area contributed by atoms with Crippen molar-refractivity contribution in [2.45, 2.75) is 57.3 Å². The topological polar surface area (TPSA) is 99.8 Å². The lowest BCUT2D eigenvalue weighted by atomic mass is 10.0. The van der Waals surface area contributed by atoms with Crippen LogP contribution in [0.3, 0.4) is 0 Å². The molecule has 24 heavy (non-hydrogen) atoms. The second-order valence-corrected chi connectivity index (χ2v) is 6.81. The summed E-state index contributed by atoms with van der Waals surface area (Å²) in [5.41, 5.74) is 0. The van der Waals surface area contributed by atoms with E-state index in [9.17, 15) is 14.4 Å². The zero-order valence-electron chi connectivity index (χ0n) is 14.6. The third-order valence-electron chi connectivity index (χ3n) is 4.42. The van der Waals surface area contributed by atoms with Crippen LogP contribution >= 0.6 is 0 Å². The van der Waals surface area contributed by atoms with Gasteiger partial charge in [0.1, 0.15) is 6.61 Å². The van der Waals surface area contributed by atoms with E-state index in [0.29, 0.717) is 32.4 Å². The third kappa shape index (κ3) is 4.91. The molecule has 2 aliphatic rings. The number of fused-ring (bicyclic) bond motifs is 1. The van der Waals surface area contributed by atoms with Gasteiger partial charge in [-0.15, -0.1) is 0 Å². The summed E-state index contributed by atoms with van der Waals surface area (Å²) in [6, 6.07) is -0.0448. The molecule has 2 aliphatic heterocycles. The molecule has 0 saturated carbocycles. The highest BCUT2D eigenvalue weighted by atomic mass is 16.5. The molecular formula is C16H28N4O4. The van der Waals surface area contributed by atoms with Gasteiger partial charge in [0.15, 0.2) is 0 Å². The lowest BCUT2D eigenvalue weighted by Gasteiger charge is -2.37. The maximum atomic E-state index is 12.1. The summed E-state index contributed by atoms with van der Waals surface area (Å²) in [7, 11) is 1.48. The summed E-state index contributed by atoms with van der Waals surface area (Å²) in [5, 5.41) is 8.70. The fraction of sp³-hybridized carbons (Fsp3) is 0.812. The molecule has 3 N–H and O–H groups in total. The molecule has 3 atom stereocenters. The van der Waals surface area contributed by atoms with Gasteiger partial charge in [0.05, 0.1) is 6.04 Å². The molecule has 0 aromatic carbocycles. The molecule has 3 amide bonds. The average molecular weight is 340 g/mol. The molecule has 0 radical (unpaired) electrons. The van der Waals surface area contributed by atoms with Gasteiger partial charge in [0.2, 0.25) is 17.7 Å². The standard InChI is InChI=1S/C16H28N4O4/c1-10(2)18-14(21)5-4-12-7-17-16(23)13-6-11(8-20(12)13)19-15(22)9-24-3/h10-13H,4-9H2,1-3H3,(H,17,23)(H,18,21)(H,19,22). The molecule has 0 aromatic heterocycles. The van der Waals surface area contributed by atoms with E-state index >= 15 is 0 Å². The van der Waals surface area contributed by atoms with Gasteiger partial charge in [-0.05, 0) is 26.7 Å². The van der Waals surface area contributed by atoms with Crippen LogP contribution in [0.1, 0.15) is 33.1 Å². The van der Waals surface area contributed by atoms with Crippen molar-refractivity contribution in [3.8, 4) is 0 Å². The van der Waals surface area contributed by atoms with Crippen LogP contribution in [0.15, 0.2) is 0 Å². The zero-order valence-corrected chi connectivity index (χ0v) is 14.6. The number of hydrogen-bond acceptors (Lipinski definition) is 5. The van der Waals surface area contributed by atoms with Crippen LogP contribution in [0.5, 0.6) is 0 Å². The van der Waals surface area contributed by atoms with Crippen molar-refractivity contribution in [1.29, 1.82) is 0 Å². The number of carbonyl (C=O) groups is 3. The van der Waals surface area contributed by atoms with E-state index in [1.807, 2.05) is 13.8 Å². The van der Waals surface area contributed by atoms with Crippen LogP contribution in [0.4, 0.5) is 0 Å².